The Morgan fingerprint density at radius 1 is 1.43 bits per heavy atom. The normalized spacial score (nSPS) is 12.8. The van der Waals surface area contributed by atoms with E-state index in [0.29, 0.717) is 6.61 Å². The van der Waals surface area contributed by atoms with E-state index in [1.165, 1.54) is 5.56 Å². The summed E-state index contributed by atoms with van der Waals surface area (Å²) in [4.78, 5) is 0. The first-order valence-electron chi connectivity index (χ1n) is 4.79. The average Bonchev–Trinajstić information content (AvgIpc) is 2.21. The molecule has 3 heteroatoms. The quantitative estimate of drug-likeness (QED) is 0.876. The smallest absolute Gasteiger partial charge is 0.0661 e. The molecule has 0 aliphatic carbocycles. The fraction of sp³-hybridized carbons (Fsp3) is 0.455. The van der Waals surface area contributed by atoms with Crippen LogP contribution in [0.4, 0.5) is 0 Å². The molecule has 1 aromatic carbocycles. The molecule has 0 saturated carbocycles. The number of likely N-dealkylation sites (N-methyl/N-ethyl adjacent to an activating group) is 1. The number of hydrogen-bond acceptors (Lipinski definition) is 2. The zero-order valence-corrected chi connectivity index (χ0v) is 10.2. The maximum Gasteiger partial charge on any atom is 0.0661 e. The molecule has 14 heavy (non-hydrogen) atoms. The van der Waals surface area contributed by atoms with Crippen molar-refractivity contribution in [3.05, 3.63) is 34.3 Å². The molecule has 0 amide bonds. The van der Waals surface area contributed by atoms with Gasteiger partial charge in [0.05, 0.1) is 12.6 Å². The fourth-order valence-corrected chi connectivity index (χ4v) is 1.88. The molecule has 78 valence electrons. The predicted octanol–water partition coefficient (Wildman–Crippen LogP) is 2.75. The zero-order valence-electron chi connectivity index (χ0n) is 8.59. The second-order valence-electron chi connectivity index (χ2n) is 3.02. The molecule has 1 N–H and O–H groups in total. The van der Waals surface area contributed by atoms with Gasteiger partial charge < -0.3 is 10.1 Å². The summed E-state index contributed by atoms with van der Waals surface area (Å²) in [5.74, 6) is 0. The topological polar surface area (TPSA) is 21.3 Å². The van der Waals surface area contributed by atoms with Crippen LogP contribution in [0.1, 0.15) is 18.5 Å². The highest BCUT2D eigenvalue weighted by Gasteiger charge is 2.11. The highest BCUT2D eigenvalue weighted by atomic mass is 79.9. The van der Waals surface area contributed by atoms with E-state index >= 15 is 0 Å². The van der Waals surface area contributed by atoms with E-state index in [9.17, 15) is 0 Å². The summed E-state index contributed by atoms with van der Waals surface area (Å²) in [7, 11) is 1.95. The molecule has 1 aromatic rings. The van der Waals surface area contributed by atoms with Crippen molar-refractivity contribution in [1.29, 1.82) is 0 Å². The molecule has 1 rings (SSSR count). The Balaban J connectivity index is 2.73. The predicted molar refractivity (Wildman–Crippen MR) is 62.4 cm³/mol. The zero-order chi connectivity index (χ0) is 10.4. The lowest BCUT2D eigenvalue weighted by molar-refractivity contribution is 0.125. The molecular formula is C11H16BrNO. The van der Waals surface area contributed by atoms with Gasteiger partial charge in [0.2, 0.25) is 0 Å². The summed E-state index contributed by atoms with van der Waals surface area (Å²) in [6.45, 7) is 3.46. The van der Waals surface area contributed by atoms with Crippen molar-refractivity contribution in [3.8, 4) is 0 Å². The first-order chi connectivity index (χ1) is 6.79. The molecule has 0 aliphatic heterocycles. The SMILES string of the molecule is CCOCC(NC)c1ccccc1Br. The van der Waals surface area contributed by atoms with Crippen LogP contribution < -0.4 is 5.32 Å². The third-order valence-electron chi connectivity index (χ3n) is 2.12. The van der Waals surface area contributed by atoms with Gasteiger partial charge in [-0.2, -0.15) is 0 Å². The lowest BCUT2D eigenvalue weighted by Crippen LogP contribution is -2.22. The number of halogens is 1. The van der Waals surface area contributed by atoms with E-state index in [4.69, 9.17) is 4.74 Å². The summed E-state index contributed by atoms with van der Waals surface area (Å²) in [6.07, 6.45) is 0. The summed E-state index contributed by atoms with van der Waals surface area (Å²) >= 11 is 3.53. The van der Waals surface area contributed by atoms with Gasteiger partial charge in [-0.15, -0.1) is 0 Å². The van der Waals surface area contributed by atoms with Crippen LogP contribution in [0.2, 0.25) is 0 Å². The second-order valence-corrected chi connectivity index (χ2v) is 3.88. The summed E-state index contributed by atoms with van der Waals surface area (Å²) in [5, 5.41) is 3.24. The fourth-order valence-electron chi connectivity index (χ4n) is 1.32. The van der Waals surface area contributed by atoms with Crippen molar-refractivity contribution >= 4 is 15.9 Å². The molecule has 2 nitrogen and oxygen atoms in total. The summed E-state index contributed by atoms with van der Waals surface area (Å²) in [6, 6.07) is 8.46. The monoisotopic (exact) mass is 257 g/mol. The minimum atomic E-state index is 0.255. The van der Waals surface area contributed by atoms with E-state index in [0.717, 1.165) is 11.1 Å². The van der Waals surface area contributed by atoms with Crippen LogP contribution in [0.5, 0.6) is 0 Å². The maximum atomic E-state index is 5.41. The lowest BCUT2D eigenvalue weighted by Gasteiger charge is -2.17. The van der Waals surface area contributed by atoms with Gasteiger partial charge in [-0.25, -0.2) is 0 Å². The highest BCUT2D eigenvalue weighted by molar-refractivity contribution is 9.10. The number of rotatable bonds is 5. The van der Waals surface area contributed by atoms with Gasteiger partial charge in [0.25, 0.3) is 0 Å². The Morgan fingerprint density at radius 2 is 2.14 bits per heavy atom. The van der Waals surface area contributed by atoms with E-state index in [1.54, 1.807) is 0 Å². The molecule has 1 unspecified atom stereocenters. The van der Waals surface area contributed by atoms with Gasteiger partial charge in [-0.1, -0.05) is 34.1 Å². The molecule has 0 aromatic heterocycles. The molecule has 0 bridgehead atoms. The van der Waals surface area contributed by atoms with Crippen LogP contribution in [0.25, 0.3) is 0 Å². The second kappa shape index (κ2) is 6.17. The first-order valence-corrected chi connectivity index (χ1v) is 5.58. The molecular weight excluding hydrogens is 242 g/mol. The van der Waals surface area contributed by atoms with Crippen molar-refractivity contribution in [2.24, 2.45) is 0 Å². The Kier molecular flexibility index (Phi) is 5.15. The van der Waals surface area contributed by atoms with Crippen LogP contribution in [-0.4, -0.2) is 20.3 Å². The third-order valence-corrected chi connectivity index (χ3v) is 2.84. The molecule has 0 radical (unpaired) electrons. The maximum absolute atomic E-state index is 5.41. The highest BCUT2D eigenvalue weighted by Crippen LogP contribution is 2.22. The van der Waals surface area contributed by atoms with Crippen LogP contribution in [0.3, 0.4) is 0 Å². The van der Waals surface area contributed by atoms with Gasteiger partial charge >= 0.3 is 0 Å². The Hall–Kier alpha value is -0.380. The first kappa shape index (κ1) is 11.7. The Labute approximate surface area is 93.8 Å². The summed E-state index contributed by atoms with van der Waals surface area (Å²) in [5.41, 5.74) is 1.24. The van der Waals surface area contributed by atoms with E-state index in [2.05, 4.69) is 27.3 Å². The van der Waals surface area contributed by atoms with Gasteiger partial charge in [0.15, 0.2) is 0 Å². The molecule has 0 heterocycles. The van der Waals surface area contributed by atoms with E-state index in [1.807, 2.05) is 32.2 Å². The standard InChI is InChI=1S/C11H16BrNO/c1-3-14-8-11(13-2)9-6-4-5-7-10(9)12/h4-7,11,13H,3,8H2,1-2H3. The average molecular weight is 258 g/mol. The van der Waals surface area contributed by atoms with Crippen molar-refractivity contribution in [1.82, 2.24) is 5.32 Å². The molecule has 0 aliphatic rings. The third kappa shape index (κ3) is 3.08. The van der Waals surface area contributed by atoms with E-state index < -0.39 is 0 Å². The molecule has 0 spiro atoms. The Morgan fingerprint density at radius 3 is 2.71 bits per heavy atom. The van der Waals surface area contributed by atoms with Crippen LogP contribution in [-0.2, 0) is 4.74 Å². The van der Waals surface area contributed by atoms with Crippen molar-refractivity contribution < 1.29 is 4.74 Å². The van der Waals surface area contributed by atoms with E-state index in [-0.39, 0.29) is 6.04 Å². The Bertz CT molecular complexity index is 278. The van der Waals surface area contributed by atoms with Gasteiger partial charge in [0, 0.05) is 11.1 Å². The molecule has 0 saturated heterocycles. The van der Waals surface area contributed by atoms with Crippen molar-refractivity contribution in [2.45, 2.75) is 13.0 Å². The van der Waals surface area contributed by atoms with Crippen LogP contribution in [0, 0.1) is 0 Å². The largest absolute Gasteiger partial charge is 0.380 e. The van der Waals surface area contributed by atoms with Crippen LogP contribution >= 0.6 is 15.9 Å². The van der Waals surface area contributed by atoms with Gasteiger partial charge in [-0.3, -0.25) is 0 Å². The minimum Gasteiger partial charge on any atom is -0.380 e. The molecule has 0 fully saturated rings. The number of benzene rings is 1. The number of nitrogens with one attached hydrogen (secondary N) is 1. The van der Waals surface area contributed by atoms with Crippen molar-refractivity contribution in [2.75, 3.05) is 20.3 Å². The summed E-state index contributed by atoms with van der Waals surface area (Å²) < 4.78 is 6.54. The minimum absolute atomic E-state index is 0.255. The lowest BCUT2D eigenvalue weighted by atomic mass is 10.1. The van der Waals surface area contributed by atoms with Gasteiger partial charge in [-0.05, 0) is 25.6 Å². The number of hydrogen-bond donors (Lipinski definition) is 1. The number of ether oxygens (including phenoxy) is 1. The van der Waals surface area contributed by atoms with Crippen molar-refractivity contribution in [3.63, 3.8) is 0 Å². The van der Waals surface area contributed by atoms with Gasteiger partial charge in [0.1, 0.15) is 0 Å². The molecule has 1 atom stereocenters. The van der Waals surface area contributed by atoms with Crippen LogP contribution in [0.15, 0.2) is 28.7 Å².